The van der Waals surface area contributed by atoms with Crippen molar-refractivity contribution in [2.45, 2.75) is 19.8 Å². The van der Waals surface area contributed by atoms with Crippen LogP contribution in [-0.2, 0) is 9.13 Å². The molecule has 11 heteroatoms. The SMILES string of the molecule is CC([CH-]O)C1CC1.O=[P+](O)O.O=[P+](O)O.[Na+].[Na+]. The molecule has 1 unspecified atom stereocenters. The maximum Gasteiger partial charge on any atom is 1.00 e. The maximum atomic E-state index is 8.70. The van der Waals surface area contributed by atoms with Crippen molar-refractivity contribution >= 4 is 16.5 Å². The first-order valence-electron chi connectivity index (χ1n) is 3.98. The minimum absolute atomic E-state index is 0. The second-order valence-corrected chi connectivity index (χ2v) is 3.86. The van der Waals surface area contributed by atoms with Gasteiger partial charge in [-0.1, -0.05) is 25.7 Å². The Bertz CT molecular complexity index is 183. The van der Waals surface area contributed by atoms with Crippen LogP contribution in [0.15, 0.2) is 0 Å². The number of aliphatic hydroxyl groups is 1. The molecule has 1 rings (SSSR count). The van der Waals surface area contributed by atoms with E-state index in [1.165, 1.54) is 19.4 Å². The molecule has 5 N–H and O–H groups in total. The Morgan fingerprint density at radius 3 is 1.35 bits per heavy atom. The summed E-state index contributed by atoms with van der Waals surface area (Å²) in [6.07, 6.45) is 2.64. The molecule has 0 aliphatic heterocycles. The van der Waals surface area contributed by atoms with Crippen LogP contribution in [0.4, 0.5) is 0 Å². The largest absolute Gasteiger partial charge is 1.00 e. The summed E-state index contributed by atoms with van der Waals surface area (Å²) in [4.78, 5) is 28.5. The Morgan fingerprint density at radius 1 is 1.06 bits per heavy atom. The first-order valence-corrected chi connectivity index (χ1v) is 6.31. The monoisotopic (exact) mass is 307 g/mol. The van der Waals surface area contributed by atoms with Crippen LogP contribution in [0.3, 0.4) is 0 Å². The molecule has 1 aliphatic carbocycles. The standard InChI is InChI=1S/C6H11O.2Na.2HO3P/c1-5(4-7)6-2-3-6;;;2*1-4(2)3/h4-7H,2-3H2,1H3;;;2*(H-,1,2,3)/q-1;2*+1;;/p+2. The van der Waals surface area contributed by atoms with Crippen LogP contribution in [-0.4, -0.2) is 24.7 Å². The summed E-state index contributed by atoms with van der Waals surface area (Å²) in [6.45, 7) is 3.36. The molecule has 0 bridgehead atoms. The van der Waals surface area contributed by atoms with Gasteiger partial charge in [-0.2, -0.15) is 0 Å². The Kier molecular flexibility index (Phi) is 29.0. The summed E-state index contributed by atoms with van der Waals surface area (Å²) in [5, 5.41) is 8.42. The van der Waals surface area contributed by atoms with E-state index >= 15 is 0 Å². The van der Waals surface area contributed by atoms with E-state index in [4.69, 9.17) is 33.8 Å². The predicted octanol–water partition coefficient (Wildman–Crippen LogP) is -5.17. The van der Waals surface area contributed by atoms with Crippen molar-refractivity contribution in [3.8, 4) is 0 Å². The molecule has 0 saturated heterocycles. The number of aliphatic hydroxyl groups excluding tert-OH is 1. The zero-order valence-electron chi connectivity index (χ0n) is 10.1. The fraction of sp³-hybridized carbons (Fsp3) is 0.833. The molecule has 0 amide bonds. The van der Waals surface area contributed by atoms with Crippen molar-refractivity contribution in [2.24, 2.45) is 11.8 Å². The fourth-order valence-electron chi connectivity index (χ4n) is 0.744. The van der Waals surface area contributed by atoms with E-state index in [2.05, 4.69) is 6.92 Å². The third-order valence-corrected chi connectivity index (χ3v) is 1.60. The third kappa shape index (κ3) is 38.1. The Balaban J connectivity index is -0.0000000755. The van der Waals surface area contributed by atoms with Crippen LogP contribution in [0.2, 0.25) is 0 Å². The van der Waals surface area contributed by atoms with E-state index in [1.807, 2.05) is 0 Å². The van der Waals surface area contributed by atoms with Crippen molar-refractivity contribution in [3.63, 3.8) is 0 Å². The molecule has 17 heavy (non-hydrogen) atoms. The molecule has 0 heterocycles. The summed E-state index contributed by atoms with van der Waals surface area (Å²) < 4.78 is 17.4. The summed E-state index contributed by atoms with van der Waals surface area (Å²) in [5.41, 5.74) is 0. The van der Waals surface area contributed by atoms with Crippen molar-refractivity contribution < 1.29 is 92.9 Å². The van der Waals surface area contributed by atoms with Gasteiger partial charge in [-0.25, -0.2) is 6.61 Å². The first-order chi connectivity index (χ1) is 6.81. The topological polar surface area (TPSA) is 135 Å². The minimum atomic E-state index is -2.87. The molecule has 7 nitrogen and oxygen atoms in total. The van der Waals surface area contributed by atoms with Crippen LogP contribution in [0.1, 0.15) is 19.8 Å². The third-order valence-electron chi connectivity index (χ3n) is 1.60. The fourth-order valence-corrected chi connectivity index (χ4v) is 0.744. The summed E-state index contributed by atoms with van der Waals surface area (Å²) >= 11 is 0. The average molecular weight is 307 g/mol. The zero-order chi connectivity index (χ0) is 12.4. The van der Waals surface area contributed by atoms with Gasteiger partial charge < -0.3 is 5.11 Å². The smallest absolute Gasteiger partial charge is 0.566 e. The van der Waals surface area contributed by atoms with Crippen LogP contribution < -0.4 is 59.1 Å². The Morgan fingerprint density at radius 2 is 1.29 bits per heavy atom. The van der Waals surface area contributed by atoms with Crippen molar-refractivity contribution in [1.29, 1.82) is 0 Å². The molecular weight excluding hydrogens is 292 g/mol. The molecule has 1 atom stereocenters. The van der Waals surface area contributed by atoms with Crippen LogP contribution >= 0.6 is 16.5 Å². The van der Waals surface area contributed by atoms with E-state index in [-0.39, 0.29) is 59.1 Å². The molecule has 0 aromatic rings. The normalized spacial score (nSPS) is 13.3. The molecule has 1 aliphatic rings. The molecule has 0 radical (unpaired) electrons. The van der Waals surface area contributed by atoms with Crippen molar-refractivity contribution in [3.05, 3.63) is 6.61 Å². The van der Waals surface area contributed by atoms with Gasteiger partial charge in [-0.3, -0.25) is 0 Å². The van der Waals surface area contributed by atoms with E-state index in [0.717, 1.165) is 5.92 Å². The van der Waals surface area contributed by atoms with Gasteiger partial charge in [0.1, 0.15) is 0 Å². The Hall–Kier alpha value is 2.00. The van der Waals surface area contributed by atoms with Gasteiger partial charge in [-0.05, 0) is 0 Å². The summed E-state index contributed by atoms with van der Waals surface area (Å²) in [6, 6.07) is 0. The van der Waals surface area contributed by atoms with E-state index in [0.29, 0.717) is 5.92 Å². The molecular formula is C6H15Na2O7P2+3. The molecule has 0 aromatic heterocycles. The minimum Gasteiger partial charge on any atom is -0.566 e. The van der Waals surface area contributed by atoms with Gasteiger partial charge in [-0.15, -0.1) is 25.5 Å². The molecule has 0 aromatic carbocycles. The molecule has 1 fully saturated rings. The molecule has 1 saturated carbocycles. The predicted molar refractivity (Wildman–Crippen MR) is 52.2 cm³/mol. The second-order valence-electron chi connectivity index (χ2n) is 2.85. The maximum absolute atomic E-state index is 8.70. The van der Waals surface area contributed by atoms with E-state index in [1.54, 1.807) is 0 Å². The van der Waals surface area contributed by atoms with Gasteiger partial charge in [0.15, 0.2) is 0 Å². The van der Waals surface area contributed by atoms with Crippen molar-refractivity contribution in [2.75, 3.05) is 0 Å². The van der Waals surface area contributed by atoms with Crippen molar-refractivity contribution in [1.82, 2.24) is 0 Å². The Labute approximate surface area is 146 Å². The molecule has 90 valence electrons. The van der Waals surface area contributed by atoms with E-state index < -0.39 is 16.5 Å². The zero-order valence-corrected chi connectivity index (χ0v) is 15.9. The summed E-state index contributed by atoms with van der Waals surface area (Å²) in [5.74, 6) is 1.25. The van der Waals surface area contributed by atoms with Crippen LogP contribution in [0.5, 0.6) is 0 Å². The molecule has 0 spiro atoms. The van der Waals surface area contributed by atoms with Crippen LogP contribution in [0, 0.1) is 18.4 Å². The van der Waals surface area contributed by atoms with Gasteiger partial charge in [0.05, 0.1) is 0 Å². The quantitative estimate of drug-likeness (QED) is 0.195. The van der Waals surface area contributed by atoms with Gasteiger partial charge in [0.2, 0.25) is 0 Å². The van der Waals surface area contributed by atoms with Crippen LogP contribution in [0.25, 0.3) is 0 Å². The average Bonchev–Trinajstić information content (AvgIpc) is 2.83. The van der Waals surface area contributed by atoms with Gasteiger partial charge >= 0.3 is 75.6 Å². The second kappa shape index (κ2) is 18.0. The number of hydrogen-bond donors (Lipinski definition) is 5. The number of hydrogen-bond acceptors (Lipinski definition) is 3. The number of rotatable bonds is 2. The van der Waals surface area contributed by atoms with Gasteiger partial charge in [0, 0.05) is 9.13 Å². The summed E-state index contributed by atoms with van der Waals surface area (Å²) in [7, 11) is -5.74. The van der Waals surface area contributed by atoms with E-state index in [9.17, 15) is 0 Å². The van der Waals surface area contributed by atoms with Gasteiger partial charge in [0.25, 0.3) is 0 Å². The first kappa shape index (κ1) is 27.4.